The molecule has 1 fully saturated rings. The molecular formula is C30H41FOSi. The van der Waals surface area contributed by atoms with Crippen molar-refractivity contribution in [3.05, 3.63) is 65.0 Å². The van der Waals surface area contributed by atoms with Gasteiger partial charge in [0.1, 0.15) is 17.2 Å². The monoisotopic (exact) mass is 464 g/mol. The molecule has 0 saturated heterocycles. The predicted molar refractivity (Wildman–Crippen MR) is 142 cm³/mol. The minimum absolute atomic E-state index is 0.135. The number of benzene rings is 2. The lowest BCUT2D eigenvalue weighted by molar-refractivity contribution is 0.129. The molecule has 4 rings (SSSR count). The van der Waals surface area contributed by atoms with Gasteiger partial charge >= 0.3 is 0 Å². The van der Waals surface area contributed by atoms with Crippen molar-refractivity contribution in [2.75, 3.05) is 0 Å². The van der Waals surface area contributed by atoms with E-state index >= 15 is 4.39 Å². The second kappa shape index (κ2) is 8.11. The van der Waals surface area contributed by atoms with Gasteiger partial charge in [0.25, 0.3) is 0 Å². The molecular weight excluding hydrogens is 423 g/mol. The van der Waals surface area contributed by atoms with E-state index in [0.717, 1.165) is 16.5 Å². The van der Waals surface area contributed by atoms with E-state index in [0.29, 0.717) is 23.3 Å². The Morgan fingerprint density at radius 2 is 1.67 bits per heavy atom. The van der Waals surface area contributed by atoms with Gasteiger partial charge in [0, 0.05) is 5.56 Å². The highest BCUT2D eigenvalue weighted by Crippen LogP contribution is 2.57. The molecule has 0 spiro atoms. The summed E-state index contributed by atoms with van der Waals surface area (Å²) in [5.74, 6) is 2.46. The molecule has 3 heteroatoms. The van der Waals surface area contributed by atoms with Crippen LogP contribution in [-0.4, -0.2) is 13.7 Å². The summed E-state index contributed by atoms with van der Waals surface area (Å²) >= 11 is 0. The van der Waals surface area contributed by atoms with Crippen LogP contribution in [0, 0.1) is 17.7 Å². The van der Waals surface area contributed by atoms with Crippen molar-refractivity contribution >= 4 is 19.3 Å². The Kier molecular flexibility index (Phi) is 5.96. The lowest BCUT2D eigenvalue weighted by Gasteiger charge is -2.39. The van der Waals surface area contributed by atoms with Crippen molar-refractivity contribution in [1.82, 2.24) is 0 Å². The molecule has 0 amide bonds. The predicted octanol–water partition coefficient (Wildman–Crippen LogP) is 8.05. The molecule has 33 heavy (non-hydrogen) atoms. The summed E-state index contributed by atoms with van der Waals surface area (Å²) in [4.78, 5) is 0. The van der Waals surface area contributed by atoms with Crippen molar-refractivity contribution in [2.24, 2.45) is 11.8 Å². The van der Waals surface area contributed by atoms with Crippen molar-refractivity contribution in [3.8, 4) is 5.75 Å². The van der Waals surface area contributed by atoms with E-state index in [1.165, 1.54) is 17.5 Å². The van der Waals surface area contributed by atoms with Gasteiger partial charge in [-0.3, -0.25) is 0 Å². The smallest absolute Gasteiger partial charge is 0.123 e. The third kappa shape index (κ3) is 4.46. The van der Waals surface area contributed by atoms with Crippen molar-refractivity contribution in [2.45, 2.75) is 90.5 Å². The van der Waals surface area contributed by atoms with Crippen molar-refractivity contribution < 1.29 is 9.13 Å². The summed E-state index contributed by atoms with van der Waals surface area (Å²) in [5, 5.41) is 1.15. The standard InChI is InChI=1S/C30H41FOSi/c1-19-16-25(23-15-14-20-12-10-11-13-22(20)27(19)23)33(8,9)26-18-21(31)17-24(29(2,3)4)28(26)32-30(5,6)7/h10-15,17-19,23,25,27H,16H2,1-9H3. The van der Waals surface area contributed by atoms with Gasteiger partial charge in [0.15, 0.2) is 0 Å². The normalized spacial score (nSPS) is 25.0. The van der Waals surface area contributed by atoms with E-state index < -0.39 is 8.07 Å². The van der Waals surface area contributed by atoms with E-state index in [2.05, 4.69) is 98.0 Å². The Bertz CT molecular complexity index is 1070. The second-order valence-corrected chi connectivity index (χ2v) is 17.7. The van der Waals surface area contributed by atoms with Crippen LogP contribution in [0.25, 0.3) is 6.08 Å². The Morgan fingerprint density at radius 1 is 1.00 bits per heavy atom. The van der Waals surface area contributed by atoms with Crippen LogP contribution in [0.2, 0.25) is 18.6 Å². The lowest BCUT2D eigenvalue weighted by Crippen LogP contribution is -2.49. The number of rotatable bonds is 3. The van der Waals surface area contributed by atoms with E-state index in [4.69, 9.17) is 4.74 Å². The molecule has 0 aliphatic heterocycles. The van der Waals surface area contributed by atoms with Crippen molar-refractivity contribution in [3.63, 3.8) is 0 Å². The van der Waals surface area contributed by atoms with Gasteiger partial charge in [-0.2, -0.15) is 0 Å². The Labute approximate surface area is 201 Å². The third-order valence-corrected chi connectivity index (χ3v) is 12.1. The molecule has 2 aliphatic carbocycles. The molecule has 2 aromatic rings. The fourth-order valence-electron chi connectivity index (χ4n) is 6.30. The van der Waals surface area contributed by atoms with Crippen LogP contribution >= 0.6 is 0 Å². The molecule has 178 valence electrons. The van der Waals surface area contributed by atoms with Crippen LogP contribution in [0.3, 0.4) is 0 Å². The maximum absolute atomic E-state index is 15.1. The van der Waals surface area contributed by atoms with Gasteiger partial charge in [-0.25, -0.2) is 4.39 Å². The zero-order chi connectivity index (χ0) is 24.3. The van der Waals surface area contributed by atoms with E-state index in [1.807, 2.05) is 0 Å². The zero-order valence-corrected chi connectivity index (χ0v) is 22.9. The van der Waals surface area contributed by atoms with Crippen LogP contribution < -0.4 is 9.92 Å². The zero-order valence-electron chi connectivity index (χ0n) is 21.9. The number of fused-ring (bicyclic) bond motifs is 3. The lowest BCUT2D eigenvalue weighted by atomic mass is 9.78. The fourth-order valence-corrected chi connectivity index (χ4v) is 10.2. The largest absolute Gasteiger partial charge is 0.488 e. The number of ether oxygens (including phenoxy) is 1. The highest BCUT2D eigenvalue weighted by molar-refractivity contribution is 6.91. The first-order valence-electron chi connectivity index (χ1n) is 12.5. The van der Waals surface area contributed by atoms with E-state index in [9.17, 15) is 0 Å². The maximum Gasteiger partial charge on any atom is 0.123 e. The fraction of sp³-hybridized carbons (Fsp3) is 0.533. The molecule has 0 radical (unpaired) electrons. The Balaban J connectivity index is 1.85. The van der Waals surface area contributed by atoms with Gasteiger partial charge in [0.05, 0.1) is 8.07 Å². The summed E-state index contributed by atoms with van der Waals surface area (Å²) in [5.41, 5.74) is 3.84. The summed E-state index contributed by atoms with van der Waals surface area (Å²) in [6.07, 6.45) is 5.97. The first-order chi connectivity index (χ1) is 15.2. The molecule has 0 N–H and O–H groups in total. The summed E-state index contributed by atoms with van der Waals surface area (Å²) in [6.45, 7) is 20.0. The van der Waals surface area contributed by atoms with E-state index in [1.54, 1.807) is 12.1 Å². The maximum atomic E-state index is 15.1. The minimum atomic E-state index is -2.12. The minimum Gasteiger partial charge on any atom is -0.488 e. The van der Waals surface area contributed by atoms with Gasteiger partial charge in [-0.05, 0) is 84.3 Å². The van der Waals surface area contributed by atoms with Crippen LogP contribution in [0.5, 0.6) is 5.75 Å². The first kappa shape index (κ1) is 24.3. The average Bonchev–Trinajstić information content (AvgIpc) is 3.05. The highest BCUT2D eigenvalue weighted by Gasteiger charge is 2.51. The van der Waals surface area contributed by atoms with Crippen LogP contribution in [0.4, 0.5) is 4.39 Å². The number of hydrogen-bond donors (Lipinski definition) is 0. The quantitative estimate of drug-likeness (QED) is 0.417. The Hall–Kier alpha value is -1.87. The Morgan fingerprint density at radius 3 is 2.30 bits per heavy atom. The molecule has 4 atom stereocenters. The number of hydrogen-bond acceptors (Lipinski definition) is 1. The topological polar surface area (TPSA) is 9.23 Å². The van der Waals surface area contributed by atoms with Gasteiger partial charge < -0.3 is 4.74 Å². The number of halogens is 1. The van der Waals surface area contributed by atoms with Crippen LogP contribution in [0.1, 0.15) is 77.5 Å². The molecule has 0 heterocycles. The average molecular weight is 465 g/mol. The van der Waals surface area contributed by atoms with Gasteiger partial charge in [0.2, 0.25) is 0 Å². The van der Waals surface area contributed by atoms with E-state index in [-0.39, 0.29) is 16.8 Å². The van der Waals surface area contributed by atoms with Crippen molar-refractivity contribution in [1.29, 1.82) is 0 Å². The summed E-state index contributed by atoms with van der Waals surface area (Å²) in [7, 11) is -2.12. The number of allylic oxidation sites excluding steroid dienone is 1. The second-order valence-electron chi connectivity index (χ2n) is 12.9. The summed E-state index contributed by atoms with van der Waals surface area (Å²) < 4.78 is 21.8. The SMILES string of the molecule is CC1CC([Si](C)(C)c2cc(F)cc(C(C)(C)C)c2OC(C)(C)C)C2C=Cc3ccccc3C12. The summed E-state index contributed by atoms with van der Waals surface area (Å²) in [6, 6.07) is 12.4. The molecule has 4 unspecified atom stereocenters. The molecule has 1 saturated carbocycles. The third-order valence-electron chi connectivity index (χ3n) is 7.86. The molecule has 2 aromatic carbocycles. The van der Waals surface area contributed by atoms with Crippen LogP contribution in [-0.2, 0) is 5.41 Å². The molecule has 2 aliphatic rings. The van der Waals surface area contributed by atoms with Gasteiger partial charge in [-0.1, -0.05) is 77.2 Å². The van der Waals surface area contributed by atoms with Gasteiger partial charge in [-0.15, -0.1) is 0 Å². The molecule has 0 aromatic heterocycles. The first-order valence-corrected chi connectivity index (χ1v) is 15.6. The molecule has 1 nitrogen and oxygen atoms in total. The highest BCUT2D eigenvalue weighted by atomic mass is 28.3. The van der Waals surface area contributed by atoms with Crippen LogP contribution in [0.15, 0.2) is 42.5 Å². The molecule has 0 bridgehead atoms.